The molecule has 1 fully saturated rings. The summed E-state index contributed by atoms with van der Waals surface area (Å²) in [6.07, 6.45) is 3.11. The van der Waals surface area contributed by atoms with E-state index < -0.39 is 6.10 Å². The third kappa shape index (κ3) is 4.73. The maximum atomic E-state index is 12.9. The molecule has 4 nitrogen and oxygen atoms in total. The van der Waals surface area contributed by atoms with Crippen molar-refractivity contribution in [3.05, 3.63) is 102 Å². The summed E-state index contributed by atoms with van der Waals surface area (Å²) in [5.74, 6) is 0.728. The van der Waals surface area contributed by atoms with Crippen molar-refractivity contribution >= 4 is 12.0 Å². The minimum atomic E-state index is -0.989. The third-order valence-corrected chi connectivity index (χ3v) is 5.95. The molecule has 0 aliphatic heterocycles. The van der Waals surface area contributed by atoms with Gasteiger partial charge in [0.15, 0.2) is 0 Å². The molecule has 0 aromatic heterocycles. The van der Waals surface area contributed by atoms with Gasteiger partial charge in [-0.1, -0.05) is 86.7 Å². The maximum Gasteiger partial charge on any atom is 0.311 e. The molecule has 1 aliphatic rings. The highest BCUT2D eigenvalue weighted by Gasteiger charge is 2.61. The van der Waals surface area contributed by atoms with Gasteiger partial charge in [0, 0.05) is 5.56 Å². The number of esters is 1. The largest absolute Gasteiger partial charge is 0.457 e. The molecule has 0 radical (unpaired) electrons. The van der Waals surface area contributed by atoms with Gasteiger partial charge in [-0.25, -0.2) is 0 Å². The van der Waals surface area contributed by atoms with Crippen LogP contribution in [0.5, 0.6) is 11.5 Å². The SMILES string of the molecule is CC1(C)C(C=Cc2ccccc2)C1C(=O)OC(C#N)c1cccc(Oc2ccccc2)c1. The van der Waals surface area contributed by atoms with Crippen molar-refractivity contribution in [1.29, 1.82) is 5.26 Å². The Hall–Kier alpha value is -3.84. The predicted octanol–water partition coefficient (Wildman–Crippen LogP) is 6.57. The Labute approximate surface area is 188 Å². The second-order valence-corrected chi connectivity index (χ2v) is 8.53. The average molecular weight is 424 g/mol. The van der Waals surface area contributed by atoms with E-state index in [1.54, 1.807) is 24.3 Å². The Bertz CT molecular complexity index is 1150. The summed E-state index contributed by atoms with van der Waals surface area (Å²) in [5.41, 5.74) is 1.47. The van der Waals surface area contributed by atoms with Gasteiger partial charge in [-0.05, 0) is 41.2 Å². The Morgan fingerprint density at radius 3 is 2.31 bits per heavy atom. The molecule has 0 saturated heterocycles. The van der Waals surface area contributed by atoms with Crippen molar-refractivity contribution in [2.45, 2.75) is 20.0 Å². The summed E-state index contributed by atoms with van der Waals surface area (Å²) in [6.45, 7) is 4.10. The van der Waals surface area contributed by atoms with E-state index in [-0.39, 0.29) is 23.2 Å². The van der Waals surface area contributed by atoms with Gasteiger partial charge < -0.3 is 9.47 Å². The average Bonchev–Trinajstić information content (AvgIpc) is 3.37. The molecule has 0 spiro atoms. The third-order valence-electron chi connectivity index (χ3n) is 5.95. The highest BCUT2D eigenvalue weighted by molar-refractivity contribution is 5.79. The first-order valence-electron chi connectivity index (χ1n) is 10.7. The van der Waals surface area contributed by atoms with Crippen LogP contribution in [-0.2, 0) is 9.53 Å². The summed E-state index contributed by atoms with van der Waals surface area (Å²) in [5, 5.41) is 9.68. The number of nitrogens with zero attached hydrogens (tertiary/aromatic N) is 1. The molecule has 0 N–H and O–H groups in total. The van der Waals surface area contributed by atoms with Crippen LogP contribution < -0.4 is 4.74 Å². The quantitative estimate of drug-likeness (QED) is 0.403. The maximum absolute atomic E-state index is 12.9. The van der Waals surface area contributed by atoms with E-state index in [1.807, 2.05) is 66.7 Å². The first-order chi connectivity index (χ1) is 15.5. The van der Waals surface area contributed by atoms with E-state index in [9.17, 15) is 10.1 Å². The molecule has 3 unspecified atom stereocenters. The predicted molar refractivity (Wildman–Crippen MR) is 124 cm³/mol. The molecular formula is C28H25NO3. The van der Waals surface area contributed by atoms with E-state index in [2.05, 4.69) is 26.0 Å². The lowest BCUT2D eigenvalue weighted by Crippen LogP contribution is -2.14. The minimum absolute atomic E-state index is 0.0716. The van der Waals surface area contributed by atoms with Gasteiger partial charge in [0.1, 0.15) is 17.6 Å². The number of hydrogen-bond donors (Lipinski definition) is 0. The number of carbonyl (C=O) groups excluding carboxylic acids is 1. The minimum Gasteiger partial charge on any atom is -0.457 e. The fourth-order valence-corrected chi connectivity index (χ4v) is 3.99. The van der Waals surface area contributed by atoms with E-state index in [0.29, 0.717) is 17.1 Å². The van der Waals surface area contributed by atoms with Crippen LogP contribution in [0, 0.1) is 28.6 Å². The van der Waals surface area contributed by atoms with E-state index in [4.69, 9.17) is 9.47 Å². The topological polar surface area (TPSA) is 59.3 Å². The normalized spacial score (nSPS) is 19.7. The molecule has 0 amide bonds. The molecule has 3 aromatic rings. The smallest absolute Gasteiger partial charge is 0.311 e. The molecular weight excluding hydrogens is 398 g/mol. The summed E-state index contributed by atoms with van der Waals surface area (Å²) in [6, 6.07) is 28.6. The van der Waals surface area contributed by atoms with E-state index in [0.717, 1.165) is 5.56 Å². The van der Waals surface area contributed by atoms with Gasteiger partial charge in [0.25, 0.3) is 0 Å². The lowest BCUT2D eigenvalue weighted by molar-refractivity contribution is -0.149. The summed E-state index contributed by atoms with van der Waals surface area (Å²) in [4.78, 5) is 12.9. The number of rotatable bonds is 7. The molecule has 3 atom stereocenters. The monoisotopic (exact) mass is 423 g/mol. The van der Waals surface area contributed by atoms with Crippen molar-refractivity contribution in [2.24, 2.45) is 17.3 Å². The molecule has 0 heterocycles. The highest BCUT2D eigenvalue weighted by Crippen LogP contribution is 2.60. The molecule has 0 bridgehead atoms. The fraction of sp³-hybridized carbons (Fsp3) is 0.214. The van der Waals surface area contributed by atoms with Crippen molar-refractivity contribution in [1.82, 2.24) is 0 Å². The van der Waals surface area contributed by atoms with E-state index >= 15 is 0 Å². The molecule has 1 saturated carbocycles. The summed E-state index contributed by atoms with van der Waals surface area (Å²) >= 11 is 0. The van der Waals surface area contributed by atoms with Gasteiger partial charge in [-0.3, -0.25) is 4.79 Å². The number of benzene rings is 3. The Morgan fingerprint density at radius 2 is 1.62 bits per heavy atom. The van der Waals surface area contributed by atoms with Gasteiger partial charge >= 0.3 is 5.97 Å². The van der Waals surface area contributed by atoms with Gasteiger partial charge in [0.2, 0.25) is 6.10 Å². The van der Waals surface area contributed by atoms with Crippen molar-refractivity contribution in [2.75, 3.05) is 0 Å². The van der Waals surface area contributed by atoms with E-state index in [1.165, 1.54) is 0 Å². The molecule has 1 aliphatic carbocycles. The van der Waals surface area contributed by atoms with Crippen LogP contribution in [0.1, 0.15) is 31.1 Å². The zero-order chi connectivity index (χ0) is 22.6. The second kappa shape index (κ2) is 9.11. The summed E-state index contributed by atoms with van der Waals surface area (Å²) in [7, 11) is 0. The standard InChI is InChI=1S/C28H25NO3/c1-28(2)24(17-16-20-10-5-3-6-11-20)26(28)27(30)32-25(19-29)21-12-9-15-23(18-21)31-22-13-7-4-8-14-22/h3-18,24-26H,1-2H3. The number of nitriles is 1. The van der Waals surface area contributed by atoms with Crippen LogP contribution in [0.15, 0.2) is 91.0 Å². The molecule has 32 heavy (non-hydrogen) atoms. The van der Waals surface area contributed by atoms with Gasteiger partial charge in [-0.15, -0.1) is 0 Å². The first-order valence-corrected chi connectivity index (χ1v) is 10.7. The number of carbonyl (C=O) groups is 1. The second-order valence-electron chi connectivity index (χ2n) is 8.53. The zero-order valence-corrected chi connectivity index (χ0v) is 18.1. The molecule has 160 valence electrons. The molecule has 4 rings (SSSR count). The highest BCUT2D eigenvalue weighted by atomic mass is 16.5. The van der Waals surface area contributed by atoms with Crippen molar-refractivity contribution in [3.63, 3.8) is 0 Å². The lowest BCUT2D eigenvalue weighted by Gasteiger charge is -2.13. The zero-order valence-electron chi connectivity index (χ0n) is 18.1. The Kier molecular flexibility index (Phi) is 6.09. The van der Waals surface area contributed by atoms with Gasteiger partial charge in [0.05, 0.1) is 5.92 Å². The number of para-hydroxylation sites is 1. The van der Waals surface area contributed by atoms with Crippen LogP contribution in [0.3, 0.4) is 0 Å². The molecule has 3 aromatic carbocycles. The number of allylic oxidation sites excluding steroid dienone is 1. The van der Waals surface area contributed by atoms with Crippen LogP contribution in [-0.4, -0.2) is 5.97 Å². The number of ether oxygens (including phenoxy) is 2. The summed E-state index contributed by atoms with van der Waals surface area (Å²) < 4.78 is 11.5. The van der Waals surface area contributed by atoms with Crippen LogP contribution in [0.4, 0.5) is 0 Å². The van der Waals surface area contributed by atoms with Gasteiger partial charge in [-0.2, -0.15) is 5.26 Å². The van der Waals surface area contributed by atoms with Crippen LogP contribution in [0.2, 0.25) is 0 Å². The Morgan fingerprint density at radius 1 is 0.969 bits per heavy atom. The van der Waals surface area contributed by atoms with Crippen LogP contribution >= 0.6 is 0 Å². The van der Waals surface area contributed by atoms with Crippen molar-refractivity contribution in [3.8, 4) is 17.6 Å². The van der Waals surface area contributed by atoms with Crippen molar-refractivity contribution < 1.29 is 14.3 Å². The Balaban J connectivity index is 1.43. The lowest BCUT2D eigenvalue weighted by atomic mass is 10.1. The van der Waals surface area contributed by atoms with Crippen LogP contribution in [0.25, 0.3) is 6.08 Å². The molecule has 4 heteroatoms. The number of hydrogen-bond acceptors (Lipinski definition) is 4. The fourth-order valence-electron chi connectivity index (χ4n) is 3.99. The first kappa shape index (κ1) is 21.4.